The largest absolute Gasteiger partial charge is 0.364 e. The van der Waals surface area contributed by atoms with E-state index in [1.807, 2.05) is 11.8 Å². The zero-order valence-electron chi connectivity index (χ0n) is 18.7. The first-order chi connectivity index (χ1) is 15.5. The van der Waals surface area contributed by atoms with Gasteiger partial charge in [0.15, 0.2) is 0 Å². The third-order valence-electron chi connectivity index (χ3n) is 7.26. The summed E-state index contributed by atoms with van der Waals surface area (Å²) in [5.74, 6) is -0.471. The number of hydrogen-bond acceptors (Lipinski definition) is 3. The fraction of sp³-hybridized carbons (Fsp3) is 0.370. The zero-order chi connectivity index (χ0) is 22.4. The van der Waals surface area contributed by atoms with Crippen LogP contribution in [0.15, 0.2) is 36.4 Å². The maximum atomic E-state index is 12.3. The van der Waals surface area contributed by atoms with E-state index in [1.165, 1.54) is 58.7 Å². The molecule has 2 amide bonds. The number of aromatic nitrogens is 1. The lowest BCUT2D eigenvalue weighted by Gasteiger charge is -2.30. The second-order valence-corrected chi connectivity index (χ2v) is 9.12. The second kappa shape index (κ2) is 8.05. The minimum absolute atomic E-state index is 0.0288. The van der Waals surface area contributed by atoms with Crippen LogP contribution < -0.4 is 5.73 Å². The first-order valence-corrected chi connectivity index (χ1v) is 11.6. The number of hydrogen-bond donors (Lipinski definition) is 1. The van der Waals surface area contributed by atoms with Gasteiger partial charge in [-0.3, -0.25) is 9.59 Å². The molecule has 5 heteroatoms. The van der Waals surface area contributed by atoms with Gasteiger partial charge in [0.2, 0.25) is 5.91 Å². The van der Waals surface area contributed by atoms with Crippen LogP contribution in [0.3, 0.4) is 0 Å². The predicted octanol–water partition coefficient (Wildman–Crippen LogP) is 4.50. The Kier molecular flexibility index (Phi) is 5.20. The highest BCUT2D eigenvalue weighted by Gasteiger charge is 2.32. The van der Waals surface area contributed by atoms with E-state index in [0.717, 1.165) is 42.5 Å². The number of benzene rings is 1. The van der Waals surface area contributed by atoms with Crippen molar-refractivity contribution in [3.8, 4) is 11.1 Å². The van der Waals surface area contributed by atoms with Crippen molar-refractivity contribution in [2.24, 2.45) is 5.73 Å². The minimum Gasteiger partial charge on any atom is -0.364 e. The number of carbonyl (C=O) groups is 2. The summed E-state index contributed by atoms with van der Waals surface area (Å²) < 4.78 is 0. The number of pyridine rings is 1. The van der Waals surface area contributed by atoms with Crippen LogP contribution in [0.5, 0.6) is 0 Å². The molecular formula is C27H29N3O2. The molecule has 5 nitrogen and oxygen atoms in total. The Hall–Kier alpha value is -3.21. The van der Waals surface area contributed by atoms with Crippen LogP contribution in [0.2, 0.25) is 0 Å². The molecule has 0 radical (unpaired) electrons. The molecule has 0 spiro atoms. The Morgan fingerprint density at radius 2 is 1.91 bits per heavy atom. The number of rotatable bonds is 3. The summed E-state index contributed by atoms with van der Waals surface area (Å²) in [6.07, 6.45) is 8.74. The first-order valence-electron chi connectivity index (χ1n) is 11.6. The topological polar surface area (TPSA) is 76.3 Å². The van der Waals surface area contributed by atoms with Crippen LogP contribution in [0, 0.1) is 6.92 Å². The molecule has 0 unspecified atom stereocenters. The maximum absolute atomic E-state index is 12.3. The number of carbonyl (C=O) groups excluding carboxylic acids is 2. The summed E-state index contributed by atoms with van der Waals surface area (Å²) in [4.78, 5) is 31.0. The van der Waals surface area contributed by atoms with Crippen LogP contribution in [-0.2, 0) is 24.2 Å². The maximum Gasteiger partial charge on any atom is 0.267 e. The quantitative estimate of drug-likeness (QED) is 0.733. The van der Waals surface area contributed by atoms with E-state index in [-0.39, 0.29) is 5.91 Å². The zero-order valence-corrected chi connectivity index (χ0v) is 18.7. The van der Waals surface area contributed by atoms with Crippen molar-refractivity contribution in [2.75, 3.05) is 6.54 Å². The van der Waals surface area contributed by atoms with Crippen molar-refractivity contribution in [1.29, 1.82) is 0 Å². The number of fused-ring (bicyclic) bond motifs is 3. The van der Waals surface area contributed by atoms with E-state index in [9.17, 15) is 9.59 Å². The SMILES string of the molecule is C=CC(=O)N1CCc2c(cccc2-c2c(C)nc(C(N)=O)c3c2C2=C(CCCCC2)C3)C1. The third-order valence-corrected chi connectivity index (χ3v) is 7.26. The van der Waals surface area contributed by atoms with Gasteiger partial charge in [0.25, 0.3) is 5.91 Å². The molecular weight excluding hydrogens is 398 g/mol. The van der Waals surface area contributed by atoms with Gasteiger partial charge in [0.1, 0.15) is 5.69 Å². The Morgan fingerprint density at radius 1 is 1.09 bits per heavy atom. The van der Waals surface area contributed by atoms with E-state index in [1.54, 1.807) is 0 Å². The van der Waals surface area contributed by atoms with Gasteiger partial charge in [-0.05, 0) is 84.9 Å². The molecule has 1 aromatic carbocycles. The molecule has 0 saturated heterocycles. The van der Waals surface area contributed by atoms with Crippen LogP contribution in [0.4, 0.5) is 0 Å². The molecule has 0 bridgehead atoms. The number of aryl methyl sites for hydroxylation is 1. The van der Waals surface area contributed by atoms with Gasteiger partial charge in [-0.1, -0.05) is 36.8 Å². The van der Waals surface area contributed by atoms with Gasteiger partial charge in [-0.2, -0.15) is 0 Å². The van der Waals surface area contributed by atoms with E-state index < -0.39 is 5.91 Å². The highest BCUT2D eigenvalue weighted by atomic mass is 16.2. The Bertz CT molecular complexity index is 1190. The summed E-state index contributed by atoms with van der Waals surface area (Å²) in [5, 5.41) is 0. The van der Waals surface area contributed by atoms with Crippen molar-refractivity contribution < 1.29 is 9.59 Å². The second-order valence-electron chi connectivity index (χ2n) is 9.12. The number of nitrogens with zero attached hydrogens (tertiary/aromatic N) is 2. The van der Waals surface area contributed by atoms with Gasteiger partial charge in [0.05, 0.1) is 0 Å². The average molecular weight is 428 g/mol. The molecule has 5 rings (SSSR count). The number of primary amides is 1. The number of amides is 2. The Morgan fingerprint density at radius 3 is 2.69 bits per heavy atom. The molecule has 2 aliphatic carbocycles. The van der Waals surface area contributed by atoms with Gasteiger partial charge >= 0.3 is 0 Å². The van der Waals surface area contributed by atoms with Crippen molar-refractivity contribution in [3.63, 3.8) is 0 Å². The summed E-state index contributed by atoms with van der Waals surface area (Å²) in [6.45, 7) is 6.90. The van der Waals surface area contributed by atoms with E-state index in [2.05, 4.69) is 24.8 Å². The third kappa shape index (κ3) is 3.27. The monoisotopic (exact) mass is 427 g/mol. The molecule has 0 fully saturated rings. The van der Waals surface area contributed by atoms with Crippen molar-refractivity contribution in [2.45, 2.75) is 58.4 Å². The lowest BCUT2D eigenvalue weighted by atomic mass is 9.84. The van der Waals surface area contributed by atoms with Crippen LogP contribution in [-0.4, -0.2) is 28.2 Å². The van der Waals surface area contributed by atoms with Crippen molar-refractivity contribution in [1.82, 2.24) is 9.88 Å². The Balaban J connectivity index is 1.71. The molecule has 1 aromatic heterocycles. The fourth-order valence-electron chi connectivity index (χ4n) is 5.80. The molecule has 0 saturated carbocycles. The average Bonchev–Trinajstić information content (AvgIpc) is 2.98. The first kappa shape index (κ1) is 20.7. The number of allylic oxidation sites excluding steroid dienone is 2. The normalized spacial score (nSPS) is 17.3. The molecule has 2 heterocycles. The van der Waals surface area contributed by atoms with Crippen molar-refractivity contribution in [3.05, 3.63) is 70.1 Å². The van der Waals surface area contributed by atoms with E-state index >= 15 is 0 Å². The highest BCUT2D eigenvalue weighted by molar-refractivity contribution is 5.99. The smallest absolute Gasteiger partial charge is 0.267 e. The lowest BCUT2D eigenvalue weighted by molar-refractivity contribution is -0.126. The standard InChI is InChI=1S/C27H29N3O2/c1-3-23(31)30-13-12-19-18(15-30)9-7-11-21(19)24-16(2)29-26(27(28)32)22-14-17-8-5-4-6-10-20(17)25(22)24/h3,7,9,11H,1,4-6,8,10,12-15H2,2H3,(H2,28,32). The molecule has 1 aliphatic heterocycles. The van der Waals surface area contributed by atoms with E-state index in [4.69, 9.17) is 10.7 Å². The molecule has 0 atom stereocenters. The fourth-order valence-corrected chi connectivity index (χ4v) is 5.80. The molecule has 2 N–H and O–H groups in total. The van der Waals surface area contributed by atoms with E-state index in [0.29, 0.717) is 18.8 Å². The Labute approximate surface area is 189 Å². The highest BCUT2D eigenvalue weighted by Crippen LogP contribution is 2.47. The van der Waals surface area contributed by atoms with Crippen LogP contribution in [0.1, 0.15) is 70.5 Å². The summed E-state index contributed by atoms with van der Waals surface area (Å²) in [7, 11) is 0. The molecule has 3 aliphatic rings. The number of nitrogens with two attached hydrogens (primary N) is 1. The van der Waals surface area contributed by atoms with Gasteiger partial charge in [-0.25, -0.2) is 4.98 Å². The molecule has 2 aromatic rings. The minimum atomic E-state index is -0.442. The molecule has 32 heavy (non-hydrogen) atoms. The van der Waals surface area contributed by atoms with Crippen molar-refractivity contribution >= 4 is 17.4 Å². The van der Waals surface area contributed by atoms with Gasteiger partial charge in [-0.15, -0.1) is 0 Å². The van der Waals surface area contributed by atoms with Gasteiger partial charge in [0, 0.05) is 24.3 Å². The summed E-state index contributed by atoms with van der Waals surface area (Å²) in [6, 6.07) is 6.35. The van der Waals surface area contributed by atoms with Crippen LogP contribution >= 0.6 is 0 Å². The predicted molar refractivity (Wildman–Crippen MR) is 126 cm³/mol. The lowest BCUT2D eigenvalue weighted by Crippen LogP contribution is -2.35. The van der Waals surface area contributed by atoms with Crippen LogP contribution in [0.25, 0.3) is 16.7 Å². The summed E-state index contributed by atoms with van der Waals surface area (Å²) in [5.41, 5.74) is 16.9. The van der Waals surface area contributed by atoms with Gasteiger partial charge < -0.3 is 10.6 Å². The summed E-state index contributed by atoms with van der Waals surface area (Å²) >= 11 is 0. The molecule has 164 valence electrons.